The summed E-state index contributed by atoms with van der Waals surface area (Å²) in [4.78, 5) is 0.284. The summed E-state index contributed by atoms with van der Waals surface area (Å²) in [5.74, 6) is -0.126. The van der Waals surface area contributed by atoms with Gasteiger partial charge in [0.05, 0.1) is 11.0 Å². The molecule has 4 nitrogen and oxygen atoms in total. The molecule has 1 heterocycles. The maximum absolute atomic E-state index is 12.9. The first-order valence-electron chi connectivity index (χ1n) is 7.94. The molecule has 1 atom stereocenters. The molecule has 128 valence electrons. The summed E-state index contributed by atoms with van der Waals surface area (Å²) in [5.41, 5.74) is 2.19. The number of nitriles is 1. The Bertz CT molecular complexity index is 806. The van der Waals surface area contributed by atoms with Crippen LogP contribution >= 0.6 is 0 Å². The zero-order chi connectivity index (χ0) is 18.1. The van der Waals surface area contributed by atoms with E-state index in [1.54, 1.807) is 30.3 Å². The third-order valence-corrected chi connectivity index (χ3v) is 6.15. The molecule has 0 radical (unpaired) electrons. The van der Waals surface area contributed by atoms with Crippen molar-refractivity contribution in [3.05, 3.63) is 53.6 Å². The van der Waals surface area contributed by atoms with E-state index in [4.69, 9.17) is 0 Å². The smallest absolute Gasteiger partial charge is 0.207 e. The summed E-state index contributed by atoms with van der Waals surface area (Å²) in [6, 6.07) is 9.12. The number of sulfonamides is 1. The molecule has 0 bridgehead atoms. The van der Waals surface area contributed by atoms with Gasteiger partial charge in [-0.05, 0) is 30.0 Å². The lowest BCUT2D eigenvalue weighted by molar-refractivity contribution is 0.470. The van der Waals surface area contributed by atoms with Crippen molar-refractivity contribution in [2.75, 3.05) is 13.1 Å². The number of benzene rings is 1. The third-order valence-electron chi connectivity index (χ3n) is 4.32. The van der Waals surface area contributed by atoms with E-state index in [0.717, 1.165) is 11.1 Å². The Balaban J connectivity index is 2.46. The average molecular weight is 344 g/mol. The van der Waals surface area contributed by atoms with E-state index in [9.17, 15) is 13.7 Å². The van der Waals surface area contributed by atoms with Crippen LogP contribution in [0.4, 0.5) is 0 Å². The fraction of sp³-hybridized carbons (Fsp3) is 0.421. The Kier molecular flexibility index (Phi) is 5.03. The molecule has 0 amide bonds. The van der Waals surface area contributed by atoms with Gasteiger partial charge in [0.1, 0.15) is 0 Å². The number of nitrogens with zero attached hydrogens (tertiary/aromatic N) is 2. The number of aryl methyl sites for hydroxylation is 1. The molecule has 5 heteroatoms. The Hall–Kier alpha value is -1.90. The monoisotopic (exact) mass is 344 g/mol. The number of hydrogen-bond donors (Lipinski definition) is 0. The summed E-state index contributed by atoms with van der Waals surface area (Å²) in [6.07, 6.45) is 1.74. The molecule has 0 N–H and O–H groups in total. The molecule has 0 spiro atoms. The maximum atomic E-state index is 12.9. The molecular weight excluding hydrogens is 320 g/mol. The largest absolute Gasteiger partial charge is 0.243 e. The van der Waals surface area contributed by atoms with Crippen LogP contribution in [0.5, 0.6) is 0 Å². The number of allylic oxidation sites excluding steroid dienone is 1. The van der Waals surface area contributed by atoms with Crippen molar-refractivity contribution in [1.82, 2.24) is 4.31 Å². The first kappa shape index (κ1) is 18.4. The first-order valence-corrected chi connectivity index (χ1v) is 9.38. The first-order chi connectivity index (χ1) is 11.1. The highest BCUT2D eigenvalue weighted by molar-refractivity contribution is 7.89. The zero-order valence-electron chi connectivity index (χ0n) is 14.7. The van der Waals surface area contributed by atoms with E-state index in [-0.39, 0.29) is 22.8 Å². The molecule has 0 aliphatic carbocycles. The van der Waals surface area contributed by atoms with Crippen molar-refractivity contribution in [1.29, 1.82) is 5.26 Å². The van der Waals surface area contributed by atoms with Gasteiger partial charge in [-0.3, -0.25) is 0 Å². The van der Waals surface area contributed by atoms with Gasteiger partial charge in [0.2, 0.25) is 10.0 Å². The summed E-state index contributed by atoms with van der Waals surface area (Å²) >= 11 is 0. The van der Waals surface area contributed by atoms with Crippen molar-refractivity contribution < 1.29 is 8.42 Å². The fourth-order valence-electron chi connectivity index (χ4n) is 2.95. The molecule has 1 aliphatic heterocycles. The van der Waals surface area contributed by atoms with Crippen LogP contribution in [0.15, 0.2) is 53.0 Å². The highest BCUT2D eigenvalue weighted by Gasteiger charge is 2.37. The van der Waals surface area contributed by atoms with E-state index in [0.29, 0.717) is 12.1 Å². The molecule has 1 unspecified atom stereocenters. The second-order valence-corrected chi connectivity index (χ2v) is 9.15. The van der Waals surface area contributed by atoms with Gasteiger partial charge < -0.3 is 0 Å². The lowest BCUT2D eigenvalue weighted by Crippen LogP contribution is -2.29. The van der Waals surface area contributed by atoms with Gasteiger partial charge in [-0.15, -0.1) is 6.58 Å². The molecule has 1 aliphatic rings. The van der Waals surface area contributed by atoms with Crippen LogP contribution < -0.4 is 0 Å². The Morgan fingerprint density at radius 2 is 1.92 bits per heavy atom. The van der Waals surface area contributed by atoms with E-state index in [1.807, 2.05) is 27.7 Å². The Morgan fingerprint density at radius 1 is 1.33 bits per heavy atom. The number of hydrogen-bond acceptors (Lipinski definition) is 3. The predicted octanol–water partition coefficient (Wildman–Crippen LogP) is 3.67. The molecule has 1 aromatic rings. The van der Waals surface area contributed by atoms with Crippen LogP contribution in [-0.4, -0.2) is 25.8 Å². The van der Waals surface area contributed by atoms with Gasteiger partial charge in [0.15, 0.2) is 0 Å². The summed E-state index contributed by atoms with van der Waals surface area (Å²) < 4.78 is 27.2. The molecule has 1 saturated heterocycles. The van der Waals surface area contributed by atoms with E-state index in [2.05, 4.69) is 12.6 Å². The average Bonchev–Trinajstić information content (AvgIpc) is 2.91. The van der Waals surface area contributed by atoms with Crippen molar-refractivity contribution in [3.8, 4) is 6.07 Å². The van der Waals surface area contributed by atoms with Gasteiger partial charge in [-0.2, -0.15) is 9.57 Å². The molecule has 1 fully saturated rings. The van der Waals surface area contributed by atoms with Crippen molar-refractivity contribution in [3.63, 3.8) is 0 Å². The van der Waals surface area contributed by atoms with Crippen molar-refractivity contribution in [2.45, 2.75) is 32.6 Å². The van der Waals surface area contributed by atoms with Crippen LogP contribution in [0.3, 0.4) is 0 Å². The van der Waals surface area contributed by atoms with Gasteiger partial charge in [-0.1, -0.05) is 44.5 Å². The SMILES string of the molecule is C=CC1CN(S(=O)(=O)c2ccc(C)cc2)C/C1=C(/C#N)C(C)(C)C. The van der Waals surface area contributed by atoms with Gasteiger partial charge >= 0.3 is 0 Å². The predicted molar refractivity (Wildman–Crippen MR) is 95.7 cm³/mol. The zero-order valence-corrected chi connectivity index (χ0v) is 15.5. The van der Waals surface area contributed by atoms with Crippen molar-refractivity contribution in [2.24, 2.45) is 11.3 Å². The summed E-state index contributed by atoms with van der Waals surface area (Å²) in [6.45, 7) is 12.2. The third kappa shape index (κ3) is 3.45. The minimum atomic E-state index is -3.58. The molecule has 24 heavy (non-hydrogen) atoms. The van der Waals surface area contributed by atoms with Crippen LogP contribution in [0, 0.1) is 29.6 Å². The number of rotatable bonds is 3. The van der Waals surface area contributed by atoms with E-state index in [1.165, 1.54) is 4.31 Å². The molecule has 1 aromatic carbocycles. The maximum Gasteiger partial charge on any atom is 0.243 e. The lowest BCUT2D eigenvalue weighted by Gasteiger charge is -2.21. The highest BCUT2D eigenvalue weighted by Crippen LogP contribution is 2.36. The second kappa shape index (κ2) is 6.54. The second-order valence-electron chi connectivity index (χ2n) is 7.21. The molecule has 2 rings (SSSR count). The normalized spacial score (nSPS) is 21.4. The lowest BCUT2D eigenvalue weighted by atomic mass is 9.81. The highest BCUT2D eigenvalue weighted by atomic mass is 32.2. The van der Waals surface area contributed by atoms with Crippen molar-refractivity contribution >= 4 is 10.0 Å². The van der Waals surface area contributed by atoms with E-state index >= 15 is 0 Å². The molecule has 0 saturated carbocycles. The summed E-state index contributed by atoms with van der Waals surface area (Å²) in [7, 11) is -3.58. The van der Waals surface area contributed by atoms with Crippen LogP contribution in [0.1, 0.15) is 26.3 Å². The summed E-state index contributed by atoms with van der Waals surface area (Å²) in [5, 5.41) is 9.56. The Morgan fingerprint density at radius 3 is 2.38 bits per heavy atom. The van der Waals surface area contributed by atoms with Gasteiger partial charge in [-0.25, -0.2) is 8.42 Å². The standard InChI is InChI=1S/C19H24N2O2S/c1-6-15-12-21(13-17(15)18(11-20)19(3,4)5)24(22,23)16-9-7-14(2)8-10-16/h6-10,15H,1,12-13H2,2-5H3/b18-17+. The minimum Gasteiger partial charge on any atom is -0.207 e. The van der Waals surface area contributed by atoms with Gasteiger partial charge in [0.25, 0.3) is 0 Å². The van der Waals surface area contributed by atoms with Crippen LogP contribution in [0.2, 0.25) is 0 Å². The molecular formula is C19H24N2O2S. The molecule has 0 aromatic heterocycles. The Labute approximate surface area is 145 Å². The fourth-order valence-corrected chi connectivity index (χ4v) is 4.39. The van der Waals surface area contributed by atoms with E-state index < -0.39 is 10.0 Å². The van der Waals surface area contributed by atoms with Crippen LogP contribution in [0.25, 0.3) is 0 Å². The minimum absolute atomic E-state index is 0.126. The topological polar surface area (TPSA) is 61.2 Å². The van der Waals surface area contributed by atoms with Gasteiger partial charge in [0, 0.05) is 24.6 Å². The quantitative estimate of drug-likeness (QED) is 0.621. The van der Waals surface area contributed by atoms with Crippen LogP contribution in [-0.2, 0) is 10.0 Å².